The molecule has 3 N–H and O–H groups in total. The van der Waals surface area contributed by atoms with E-state index < -0.39 is 6.04 Å². The van der Waals surface area contributed by atoms with Crippen molar-refractivity contribution in [1.29, 1.82) is 0 Å². The maximum atomic E-state index is 11.5. The van der Waals surface area contributed by atoms with Gasteiger partial charge in [0.2, 0.25) is 0 Å². The Bertz CT molecular complexity index is 560. The number of hydrogen-bond acceptors (Lipinski definition) is 3. The van der Waals surface area contributed by atoms with Crippen LogP contribution in [-0.4, -0.2) is 23.6 Å². The van der Waals surface area contributed by atoms with Gasteiger partial charge < -0.3 is 15.5 Å². The van der Waals surface area contributed by atoms with Crippen molar-refractivity contribution in [2.45, 2.75) is 26.3 Å². The van der Waals surface area contributed by atoms with Crippen molar-refractivity contribution in [3.8, 4) is 0 Å². The van der Waals surface area contributed by atoms with Crippen LogP contribution in [0.4, 0.5) is 0 Å². The average molecular weight is 246 g/mol. The van der Waals surface area contributed by atoms with Crippen LogP contribution in [0.15, 0.2) is 24.3 Å². The molecule has 0 amide bonds. The molecule has 2 aromatic rings. The molecule has 4 heteroatoms. The number of hydrogen-bond donors (Lipinski definition) is 2. The number of aryl methyl sites for hydroxylation is 1. The quantitative estimate of drug-likeness (QED) is 0.810. The summed E-state index contributed by atoms with van der Waals surface area (Å²) in [5.41, 5.74) is 9.02. The smallest absolute Gasteiger partial charge is 0.323 e. The lowest BCUT2D eigenvalue weighted by molar-refractivity contribution is -0.144. The third-order valence-electron chi connectivity index (χ3n) is 2.86. The Balaban J connectivity index is 2.14. The minimum Gasteiger partial charge on any atom is -0.465 e. The molecule has 0 aliphatic carbocycles. The van der Waals surface area contributed by atoms with Crippen LogP contribution in [0.3, 0.4) is 0 Å². The second-order valence-corrected chi connectivity index (χ2v) is 4.45. The van der Waals surface area contributed by atoms with E-state index in [1.807, 2.05) is 18.2 Å². The summed E-state index contributed by atoms with van der Waals surface area (Å²) >= 11 is 0. The Morgan fingerprint density at radius 2 is 2.22 bits per heavy atom. The molecule has 0 aliphatic heterocycles. The molecule has 0 radical (unpaired) electrons. The first kappa shape index (κ1) is 12.6. The molecule has 1 unspecified atom stereocenters. The molecular weight excluding hydrogens is 228 g/mol. The molecule has 0 fully saturated rings. The number of esters is 1. The van der Waals surface area contributed by atoms with Crippen LogP contribution in [0.2, 0.25) is 0 Å². The van der Waals surface area contributed by atoms with Crippen molar-refractivity contribution >= 4 is 16.9 Å². The highest BCUT2D eigenvalue weighted by Crippen LogP contribution is 2.17. The number of carbonyl (C=O) groups is 1. The summed E-state index contributed by atoms with van der Waals surface area (Å²) in [4.78, 5) is 14.7. The van der Waals surface area contributed by atoms with Crippen molar-refractivity contribution in [2.75, 3.05) is 6.61 Å². The second-order valence-electron chi connectivity index (χ2n) is 4.45. The average Bonchev–Trinajstić information content (AvgIpc) is 2.70. The third kappa shape index (κ3) is 2.71. The van der Waals surface area contributed by atoms with Crippen molar-refractivity contribution in [2.24, 2.45) is 5.73 Å². The minimum absolute atomic E-state index is 0.354. The van der Waals surface area contributed by atoms with Gasteiger partial charge in [-0.1, -0.05) is 11.6 Å². The van der Waals surface area contributed by atoms with Crippen molar-refractivity contribution in [3.63, 3.8) is 0 Å². The number of aromatic amines is 1. The molecule has 4 nitrogen and oxygen atoms in total. The SMILES string of the molecule is CCOC(=O)C(N)Cc1cc2cc(C)ccc2[nH]1. The van der Waals surface area contributed by atoms with Gasteiger partial charge in [0.15, 0.2) is 0 Å². The van der Waals surface area contributed by atoms with Gasteiger partial charge in [0, 0.05) is 17.6 Å². The van der Waals surface area contributed by atoms with Crippen LogP contribution in [0.1, 0.15) is 18.2 Å². The molecule has 0 spiro atoms. The monoisotopic (exact) mass is 246 g/mol. The summed E-state index contributed by atoms with van der Waals surface area (Å²) in [6.07, 6.45) is 0.465. The topological polar surface area (TPSA) is 68.1 Å². The molecule has 0 aliphatic rings. The Morgan fingerprint density at radius 3 is 2.94 bits per heavy atom. The van der Waals surface area contributed by atoms with Crippen LogP contribution in [0.5, 0.6) is 0 Å². The van der Waals surface area contributed by atoms with E-state index in [0.29, 0.717) is 13.0 Å². The molecule has 18 heavy (non-hydrogen) atoms. The van der Waals surface area contributed by atoms with E-state index in [1.165, 1.54) is 5.56 Å². The number of fused-ring (bicyclic) bond motifs is 1. The van der Waals surface area contributed by atoms with Gasteiger partial charge in [0.05, 0.1) is 6.61 Å². The molecule has 0 saturated carbocycles. The van der Waals surface area contributed by atoms with Crippen LogP contribution in [0, 0.1) is 6.92 Å². The van der Waals surface area contributed by atoms with Gasteiger partial charge in [-0.15, -0.1) is 0 Å². The lowest BCUT2D eigenvalue weighted by Crippen LogP contribution is -2.34. The lowest BCUT2D eigenvalue weighted by atomic mass is 10.1. The van der Waals surface area contributed by atoms with E-state index >= 15 is 0 Å². The number of aromatic nitrogens is 1. The number of nitrogens with two attached hydrogens (primary N) is 1. The Labute approximate surface area is 106 Å². The molecule has 1 aromatic carbocycles. The second kappa shape index (κ2) is 5.23. The van der Waals surface area contributed by atoms with Gasteiger partial charge in [0.1, 0.15) is 6.04 Å². The Morgan fingerprint density at radius 1 is 1.44 bits per heavy atom. The standard InChI is InChI=1S/C14H18N2O2/c1-3-18-14(17)12(15)8-11-7-10-6-9(2)4-5-13(10)16-11/h4-7,12,16H,3,8,15H2,1-2H3. The van der Waals surface area contributed by atoms with E-state index in [2.05, 4.69) is 18.0 Å². The van der Waals surface area contributed by atoms with Gasteiger partial charge in [0.25, 0.3) is 0 Å². The maximum absolute atomic E-state index is 11.5. The van der Waals surface area contributed by atoms with Crippen LogP contribution in [0.25, 0.3) is 10.9 Å². The first-order valence-corrected chi connectivity index (χ1v) is 6.10. The lowest BCUT2D eigenvalue weighted by Gasteiger charge is -2.08. The van der Waals surface area contributed by atoms with Crippen LogP contribution >= 0.6 is 0 Å². The first-order valence-electron chi connectivity index (χ1n) is 6.10. The zero-order chi connectivity index (χ0) is 13.1. The molecule has 96 valence electrons. The van der Waals surface area contributed by atoms with E-state index in [0.717, 1.165) is 16.6 Å². The Hall–Kier alpha value is -1.81. The summed E-state index contributed by atoms with van der Waals surface area (Å²) in [5, 5.41) is 1.14. The fourth-order valence-corrected chi connectivity index (χ4v) is 1.99. The van der Waals surface area contributed by atoms with Gasteiger partial charge in [-0.05, 0) is 37.4 Å². The molecule has 2 rings (SSSR count). The highest BCUT2D eigenvalue weighted by molar-refractivity contribution is 5.81. The molecule has 1 atom stereocenters. The first-order chi connectivity index (χ1) is 8.60. The predicted octanol–water partition coefficient (Wildman–Crippen LogP) is 1.91. The van der Waals surface area contributed by atoms with Crippen molar-refractivity contribution < 1.29 is 9.53 Å². The summed E-state index contributed by atoms with van der Waals surface area (Å²) in [6.45, 7) is 4.19. The van der Waals surface area contributed by atoms with Crippen molar-refractivity contribution in [1.82, 2.24) is 4.98 Å². The van der Waals surface area contributed by atoms with E-state index in [9.17, 15) is 4.79 Å². The highest BCUT2D eigenvalue weighted by atomic mass is 16.5. The Kier molecular flexibility index (Phi) is 3.67. The van der Waals surface area contributed by atoms with Gasteiger partial charge in [-0.25, -0.2) is 0 Å². The number of carbonyl (C=O) groups excluding carboxylic acids is 1. The third-order valence-corrected chi connectivity index (χ3v) is 2.86. The fraction of sp³-hybridized carbons (Fsp3) is 0.357. The summed E-state index contributed by atoms with van der Waals surface area (Å²) in [7, 11) is 0. The van der Waals surface area contributed by atoms with Gasteiger partial charge in [-0.3, -0.25) is 4.79 Å². The fourth-order valence-electron chi connectivity index (χ4n) is 1.99. The van der Waals surface area contributed by atoms with Crippen LogP contribution in [-0.2, 0) is 16.0 Å². The number of H-pyrrole nitrogens is 1. The largest absolute Gasteiger partial charge is 0.465 e. The zero-order valence-electron chi connectivity index (χ0n) is 10.7. The molecule has 0 saturated heterocycles. The molecular formula is C14H18N2O2. The normalized spacial score (nSPS) is 12.6. The zero-order valence-corrected chi connectivity index (χ0v) is 10.7. The number of benzene rings is 1. The van der Waals surface area contributed by atoms with E-state index in [-0.39, 0.29) is 5.97 Å². The number of rotatable bonds is 4. The number of ether oxygens (including phenoxy) is 1. The molecule has 0 bridgehead atoms. The van der Waals surface area contributed by atoms with Gasteiger partial charge >= 0.3 is 5.97 Å². The minimum atomic E-state index is -0.612. The molecule has 1 heterocycles. The predicted molar refractivity (Wildman–Crippen MR) is 71.3 cm³/mol. The van der Waals surface area contributed by atoms with Crippen molar-refractivity contribution in [3.05, 3.63) is 35.5 Å². The summed E-state index contributed by atoms with van der Waals surface area (Å²) in [6, 6.07) is 7.60. The number of nitrogens with one attached hydrogen (secondary N) is 1. The van der Waals surface area contributed by atoms with E-state index in [4.69, 9.17) is 10.5 Å². The maximum Gasteiger partial charge on any atom is 0.323 e. The summed E-state index contributed by atoms with van der Waals surface area (Å²) < 4.78 is 4.89. The van der Waals surface area contributed by atoms with Gasteiger partial charge in [-0.2, -0.15) is 0 Å². The highest BCUT2D eigenvalue weighted by Gasteiger charge is 2.16. The van der Waals surface area contributed by atoms with Crippen LogP contribution < -0.4 is 5.73 Å². The van der Waals surface area contributed by atoms with E-state index in [1.54, 1.807) is 6.92 Å². The molecule has 1 aromatic heterocycles. The summed E-state index contributed by atoms with van der Waals surface area (Å²) in [5.74, 6) is -0.354.